The number of carbonyl (C=O) groups excluding carboxylic acids is 1. The molecule has 1 N–H and O–H groups in total. The number of hydrogen-bond acceptors (Lipinski definition) is 2. The molecule has 110 valence electrons. The van der Waals surface area contributed by atoms with Crippen LogP contribution in [0.1, 0.15) is 16.7 Å². The molecule has 0 aliphatic carbocycles. The van der Waals surface area contributed by atoms with Crippen LogP contribution in [0.2, 0.25) is 0 Å². The van der Waals surface area contributed by atoms with Crippen molar-refractivity contribution in [2.24, 2.45) is 0 Å². The van der Waals surface area contributed by atoms with Crippen LogP contribution in [0.25, 0.3) is 0 Å². The summed E-state index contributed by atoms with van der Waals surface area (Å²) in [4.78, 5) is 23.8. The van der Waals surface area contributed by atoms with Gasteiger partial charge in [-0.05, 0) is 53.9 Å². The largest absolute Gasteiger partial charge is 0.324 e. The second kappa shape index (κ2) is 6.26. The highest BCUT2D eigenvalue weighted by Gasteiger charge is 2.09. The Morgan fingerprint density at radius 1 is 1.19 bits per heavy atom. The lowest BCUT2D eigenvalue weighted by molar-refractivity contribution is -0.116. The molecule has 1 aromatic carbocycles. The van der Waals surface area contributed by atoms with Crippen LogP contribution < -0.4 is 10.9 Å². The second-order valence-corrected chi connectivity index (χ2v) is 6.05. The maximum Gasteiger partial charge on any atom is 0.251 e. The summed E-state index contributed by atoms with van der Waals surface area (Å²) in [5, 5.41) is 2.89. The second-order valence-electron chi connectivity index (χ2n) is 5.14. The van der Waals surface area contributed by atoms with Crippen molar-refractivity contribution >= 4 is 27.5 Å². The Morgan fingerprint density at radius 3 is 2.43 bits per heavy atom. The van der Waals surface area contributed by atoms with E-state index >= 15 is 0 Å². The monoisotopic (exact) mass is 348 g/mol. The number of pyridine rings is 1. The van der Waals surface area contributed by atoms with Crippen LogP contribution in [0, 0.1) is 20.8 Å². The van der Waals surface area contributed by atoms with Crippen LogP contribution in [0.3, 0.4) is 0 Å². The zero-order valence-electron chi connectivity index (χ0n) is 12.2. The fourth-order valence-electron chi connectivity index (χ4n) is 2.34. The summed E-state index contributed by atoms with van der Waals surface area (Å²) in [5.74, 6) is -0.217. The fraction of sp³-hybridized carbons (Fsp3) is 0.250. The molecule has 4 nitrogen and oxygen atoms in total. The molecule has 0 bridgehead atoms. The van der Waals surface area contributed by atoms with Gasteiger partial charge in [-0.3, -0.25) is 9.59 Å². The molecular formula is C16H17BrN2O2. The van der Waals surface area contributed by atoms with Gasteiger partial charge in [-0.1, -0.05) is 17.7 Å². The zero-order chi connectivity index (χ0) is 15.6. The molecule has 2 rings (SSSR count). The smallest absolute Gasteiger partial charge is 0.251 e. The van der Waals surface area contributed by atoms with Crippen molar-refractivity contribution in [3.8, 4) is 0 Å². The van der Waals surface area contributed by atoms with E-state index in [2.05, 4.69) is 21.2 Å². The van der Waals surface area contributed by atoms with Crippen LogP contribution in [0.15, 0.2) is 39.7 Å². The van der Waals surface area contributed by atoms with Crippen molar-refractivity contribution in [3.63, 3.8) is 0 Å². The van der Waals surface area contributed by atoms with Gasteiger partial charge in [0.15, 0.2) is 0 Å². The highest BCUT2D eigenvalue weighted by atomic mass is 79.9. The van der Waals surface area contributed by atoms with E-state index in [1.807, 2.05) is 32.9 Å². The molecule has 5 heteroatoms. The normalized spacial score (nSPS) is 10.5. The first-order valence-electron chi connectivity index (χ1n) is 6.60. The maximum absolute atomic E-state index is 12.1. The summed E-state index contributed by atoms with van der Waals surface area (Å²) in [5.41, 5.74) is 3.80. The van der Waals surface area contributed by atoms with Crippen LogP contribution in [0.4, 0.5) is 5.69 Å². The number of aromatic nitrogens is 1. The Labute approximate surface area is 131 Å². The minimum atomic E-state index is -0.217. The van der Waals surface area contributed by atoms with E-state index in [1.54, 1.807) is 12.3 Å². The third kappa shape index (κ3) is 3.82. The molecule has 0 unspecified atom stereocenters. The van der Waals surface area contributed by atoms with Crippen molar-refractivity contribution in [2.75, 3.05) is 5.32 Å². The van der Waals surface area contributed by atoms with Gasteiger partial charge >= 0.3 is 0 Å². The number of amides is 1. The third-order valence-corrected chi connectivity index (χ3v) is 3.67. The van der Waals surface area contributed by atoms with Gasteiger partial charge in [-0.15, -0.1) is 0 Å². The predicted molar refractivity (Wildman–Crippen MR) is 87.7 cm³/mol. The molecule has 0 radical (unpaired) electrons. The van der Waals surface area contributed by atoms with Crippen LogP contribution in [0.5, 0.6) is 0 Å². The molecule has 0 aliphatic rings. The van der Waals surface area contributed by atoms with Crippen LogP contribution >= 0.6 is 15.9 Å². The number of aryl methyl sites for hydroxylation is 3. The van der Waals surface area contributed by atoms with E-state index < -0.39 is 0 Å². The molecule has 0 atom stereocenters. The third-order valence-electron chi connectivity index (χ3n) is 3.20. The van der Waals surface area contributed by atoms with Gasteiger partial charge in [0.1, 0.15) is 6.54 Å². The molecule has 21 heavy (non-hydrogen) atoms. The van der Waals surface area contributed by atoms with Gasteiger partial charge < -0.3 is 9.88 Å². The molecule has 1 amide bonds. The molecule has 2 aromatic rings. The number of halogens is 1. The van der Waals surface area contributed by atoms with Crippen LogP contribution in [-0.2, 0) is 11.3 Å². The number of nitrogens with one attached hydrogen (secondary N) is 1. The Balaban J connectivity index is 2.19. The number of carbonyl (C=O) groups is 1. The average Bonchev–Trinajstić information content (AvgIpc) is 2.38. The standard InChI is InChI=1S/C16H17BrN2O2/c1-10-6-11(2)16(12(3)7-10)18-14(20)9-19-8-13(17)4-5-15(19)21/h4-8H,9H2,1-3H3,(H,18,20). The average molecular weight is 349 g/mol. The Bertz CT molecular complexity index is 727. The molecule has 0 saturated heterocycles. The highest BCUT2D eigenvalue weighted by Crippen LogP contribution is 2.21. The lowest BCUT2D eigenvalue weighted by Crippen LogP contribution is -2.27. The van der Waals surface area contributed by atoms with E-state index in [-0.39, 0.29) is 18.0 Å². The van der Waals surface area contributed by atoms with Gasteiger partial charge in [-0.25, -0.2) is 0 Å². The first-order valence-corrected chi connectivity index (χ1v) is 7.40. The summed E-state index contributed by atoms with van der Waals surface area (Å²) in [6.07, 6.45) is 1.61. The first-order chi connectivity index (χ1) is 9.86. The zero-order valence-corrected chi connectivity index (χ0v) is 13.8. The molecule has 1 aromatic heterocycles. The summed E-state index contributed by atoms with van der Waals surface area (Å²) in [6.45, 7) is 5.93. The van der Waals surface area contributed by atoms with E-state index in [0.29, 0.717) is 0 Å². The summed E-state index contributed by atoms with van der Waals surface area (Å²) in [7, 11) is 0. The topological polar surface area (TPSA) is 51.1 Å². The fourth-order valence-corrected chi connectivity index (χ4v) is 2.72. The molecular weight excluding hydrogens is 332 g/mol. The van der Waals surface area contributed by atoms with Crippen molar-refractivity contribution in [2.45, 2.75) is 27.3 Å². The molecule has 0 fully saturated rings. The van der Waals surface area contributed by atoms with Gasteiger partial charge in [0, 0.05) is 22.4 Å². The van der Waals surface area contributed by atoms with E-state index in [9.17, 15) is 9.59 Å². The first kappa shape index (κ1) is 15.5. The van der Waals surface area contributed by atoms with Gasteiger partial charge in [0.2, 0.25) is 5.91 Å². The summed E-state index contributed by atoms with van der Waals surface area (Å²) < 4.78 is 2.13. The summed E-state index contributed by atoms with van der Waals surface area (Å²) in [6, 6.07) is 7.13. The van der Waals surface area contributed by atoms with E-state index in [0.717, 1.165) is 26.9 Å². The quantitative estimate of drug-likeness (QED) is 0.925. The highest BCUT2D eigenvalue weighted by molar-refractivity contribution is 9.10. The lowest BCUT2D eigenvalue weighted by Gasteiger charge is -2.13. The van der Waals surface area contributed by atoms with Gasteiger partial charge in [0.25, 0.3) is 5.56 Å². The SMILES string of the molecule is Cc1cc(C)c(NC(=O)Cn2cc(Br)ccc2=O)c(C)c1. The maximum atomic E-state index is 12.1. The van der Waals surface area contributed by atoms with Crippen molar-refractivity contribution < 1.29 is 4.79 Å². The minimum absolute atomic E-state index is 0.00890. The number of nitrogens with zero attached hydrogens (tertiary/aromatic N) is 1. The van der Waals surface area contributed by atoms with Crippen LogP contribution in [-0.4, -0.2) is 10.5 Å². The molecule has 0 spiro atoms. The van der Waals surface area contributed by atoms with Gasteiger partial charge in [0.05, 0.1) is 0 Å². The Morgan fingerprint density at radius 2 is 1.81 bits per heavy atom. The predicted octanol–water partition coefficient (Wildman–Crippen LogP) is 3.17. The number of anilines is 1. The lowest BCUT2D eigenvalue weighted by atomic mass is 10.1. The van der Waals surface area contributed by atoms with E-state index in [1.165, 1.54) is 10.6 Å². The number of benzene rings is 1. The van der Waals surface area contributed by atoms with Crippen molar-refractivity contribution in [1.82, 2.24) is 4.57 Å². The van der Waals surface area contributed by atoms with Gasteiger partial charge in [-0.2, -0.15) is 0 Å². The molecule has 1 heterocycles. The van der Waals surface area contributed by atoms with E-state index in [4.69, 9.17) is 0 Å². The van der Waals surface area contributed by atoms with Crippen molar-refractivity contribution in [1.29, 1.82) is 0 Å². The number of rotatable bonds is 3. The molecule has 0 saturated carbocycles. The Hall–Kier alpha value is -1.88. The number of hydrogen-bond donors (Lipinski definition) is 1. The Kier molecular flexibility index (Phi) is 4.63. The summed E-state index contributed by atoms with van der Waals surface area (Å²) >= 11 is 3.29. The minimum Gasteiger partial charge on any atom is -0.324 e. The van der Waals surface area contributed by atoms with Crippen molar-refractivity contribution in [3.05, 3.63) is 62.0 Å². The molecule has 0 aliphatic heterocycles.